The van der Waals surface area contributed by atoms with E-state index in [1.807, 2.05) is 36.6 Å². The van der Waals surface area contributed by atoms with E-state index >= 15 is 0 Å². The third-order valence-electron chi connectivity index (χ3n) is 6.86. The molecule has 0 bridgehead atoms. The summed E-state index contributed by atoms with van der Waals surface area (Å²) in [7, 11) is 1.63. The van der Waals surface area contributed by atoms with Crippen LogP contribution in [0.15, 0.2) is 56.5 Å². The molecular formula is C26H31N7O3. The van der Waals surface area contributed by atoms with Gasteiger partial charge in [0.25, 0.3) is 11.1 Å². The Morgan fingerprint density at radius 3 is 2.64 bits per heavy atom. The summed E-state index contributed by atoms with van der Waals surface area (Å²) in [6, 6.07) is 7.20. The minimum atomic E-state index is -0.462. The van der Waals surface area contributed by atoms with Crippen molar-refractivity contribution in [3.05, 3.63) is 78.9 Å². The molecule has 1 aliphatic rings. The molecule has 10 heteroatoms. The van der Waals surface area contributed by atoms with Crippen LogP contribution in [0.3, 0.4) is 0 Å². The molecule has 1 fully saturated rings. The maximum absolute atomic E-state index is 13.9. The number of nitrogens with one attached hydrogen (secondary N) is 1. The Balaban J connectivity index is 1.73. The second-order valence-corrected chi connectivity index (χ2v) is 9.75. The number of aryl methyl sites for hydroxylation is 1. The molecule has 3 N–H and O–H groups in total. The first-order chi connectivity index (χ1) is 17.3. The number of imidazole rings is 1. The molecule has 188 valence electrons. The van der Waals surface area contributed by atoms with Gasteiger partial charge in [-0.25, -0.2) is 4.79 Å². The van der Waals surface area contributed by atoms with E-state index in [-0.39, 0.29) is 18.1 Å². The van der Waals surface area contributed by atoms with E-state index in [1.165, 1.54) is 9.13 Å². The van der Waals surface area contributed by atoms with E-state index in [1.54, 1.807) is 25.4 Å². The third-order valence-corrected chi connectivity index (χ3v) is 6.86. The zero-order valence-corrected chi connectivity index (χ0v) is 20.8. The van der Waals surface area contributed by atoms with E-state index in [0.29, 0.717) is 46.5 Å². The molecule has 1 atom stereocenters. The van der Waals surface area contributed by atoms with Crippen LogP contribution < -0.4 is 27.4 Å². The monoisotopic (exact) mass is 489 g/mol. The summed E-state index contributed by atoms with van der Waals surface area (Å²) >= 11 is 0. The molecule has 0 radical (unpaired) electrons. The van der Waals surface area contributed by atoms with Crippen LogP contribution in [0.5, 0.6) is 0 Å². The Labute approximate surface area is 207 Å². The van der Waals surface area contributed by atoms with E-state index in [9.17, 15) is 14.4 Å². The fourth-order valence-corrected chi connectivity index (χ4v) is 4.95. The highest BCUT2D eigenvalue weighted by Gasteiger charge is 2.26. The number of allylic oxidation sites excluding steroid dienone is 2. The third kappa shape index (κ3) is 4.07. The summed E-state index contributed by atoms with van der Waals surface area (Å²) in [6.45, 7) is 5.92. The Hall–Kier alpha value is -3.92. The number of piperidine rings is 1. The van der Waals surface area contributed by atoms with Crippen LogP contribution in [-0.2, 0) is 20.1 Å². The number of fused-ring (bicyclic) bond motifs is 2. The van der Waals surface area contributed by atoms with E-state index in [2.05, 4.69) is 9.88 Å². The quantitative estimate of drug-likeness (QED) is 0.411. The highest BCUT2D eigenvalue weighted by atomic mass is 16.2. The summed E-state index contributed by atoms with van der Waals surface area (Å²) in [5.74, 6) is 0.650. The molecule has 4 aromatic rings. The standard InChI is InChI=1S/C26H31N7O3/c1-16(2)10-12-32-21-22(29-25(32)31-11-6-7-18(27)15-31)30(3)26(36)33(24(21)35)14-17-13-28-23(34)20-9-5-4-8-19(17)20/h4-5,8-10,13,18H,6-7,11-12,14-15,27H2,1-3H3,(H,28,34). The van der Waals surface area contributed by atoms with Gasteiger partial charge in [0.15, 0.2) is 11.2 Å². The van der Waals surface area contributed by atoms with Crippen LogP contribution in [-0.4, -0.2) is 42.8 Å². The lowest BCUT2D eigenvalue weighted by Gasteiger charge is -2.31. The number of rotatable bonds is 5. The number of nitrogens with two attached hydrogens (primary N) is 1. The van der Waals surface area contributed by atoms with Crippen molar-refractivity contribution in [3.8, 4) is 0 Å². The molecule has 1 saturated heterocycles. The lowest BCUT2D eigenvalue weighted by atomic mass is 10.1. The number of benzene rings is 1. The lowest BCUT2D eigenvalue weighted by molar-refractivity contribution is 0.495. The molecule has 5 rings (SSSR count). The van der Waals surface area contributed by atoms with Crippen LogP contribution >= 0.6 is 0 Å². The van der Waals surface area contributed by atoms with E-state index in [0.717, 1.165) is 25.0 Å². The minimum absolute atomic E-state index is 0.0243. The first kappa shape index (κ1) is 23.8. The van der Waals surface area contributed by atoms with E-state index < -0.39 is 11.2 Å². The minimum Gasteiger partial charge on any atom is -0.341 e. The number of aromatic amines is 1. The van der Waals surface area contributed by atoms with Crippen molar-refractivity contribution in [3.63, 3.8) is 0 Å². The summed E-state index contributed by atoms with van der Waals surface area (Å²) in [4.78, 5) is 49.2. The predicted molar refractivity (Wildman–Crippen MR) is 142 cm³/mol. The Kier molecular flexibility index (Phi) is 6.13. The predicted octanol–water partition coefficient (Wildman–Crippen LogP) is 1.68. The van der Waals surface area contributed by atoms with Crippen molar-refractivity contribution < 1.29 is 0 Å². The molecule has 1 unspecified atom stereocenters. The molecular weight excluding hydrogens is 458 g/mol. The van der Waals surface area contributed by atoms with Crippen molar-refractivity contribution in [2.45, 2.75) is 45.8 Å². The van der Waals surface area contributed by atoms with Gasteiger partial charge in [-0.3, -0.25) is 18.7 Å². The number of hydrogen-bond acceptors (Lipinski definition) is 6. The van der Waals surface area contributed by atoms with Crippen LogP contribution in [0, 0.1) is 0 Å². The summed E-state index contributed by atoms with van der Waals surface area (Å²) < 4.78 is 4.54. The van der Waals surface area contributed by atoms with E-state index in [4.69, 9.17) is 10.7 Å². The van der Waals surface area contributed by atoms with Crippen LogP contribution in [0.2, 0.25) is 0 Å². The molecule has 1 aliphatic heterocycles. The molecule has 0 saturated carbocycles. The normalized spacial score (nSPS) is 16.1. The first-order valence-corrected chi connectivity index (χ1v) is 12.2. The van der Waals surface area contributed by atoms with Crippen molar-refractivity contribution in [2.75, 3.05) is 18.0 Å². The molecule has 3 aromatic heterocycles. The topological polar surface area (TPSA) is 124 Å². The van der Waals surface area contributed by atoms with Gasteiger partial charge in [-0.15, -0.1) is 0 Å². The number of aromatic nitrogens is 5. The van der Waals surface area contributed by atoms with Gasteiger partial charge in [0, 0.05) is 44.3 Å². The molecule has 4 heterocycles. The maximum Gasteiger partial charge on any atom is 0.332 e. The number of pyridine rings is 1. The van der Waals surface area contributed by atoms with Gasteiger partial charge in [-0.05, 0) is 43.7 Å². The Bertz CT molecular complexity index is 1670. The summed E-state index contributed by atoms with van der Waals surface area (Å²) in [5, 5.41) is 1.22. The van der Waals surface area contributed by atoms with Crippen LogP contribution in [0.1, 0.15) is 32.3 Å². The highest BCUT2D eigenvalue weighted by Crippen LogP contribution is 2.23. The van der Waals surface area contributed by atoms with Gasteiger partial charge in [0.1, 0.15) is 0 Å². The lowest BCUT2D eigenvalue weighted by Crippen LogP contribution is -2.44. The number of nitrogens with zero attached hydrogens (tertiary/aromatic N) is 5. The van der Waals surface area contributed by atoms with Gasteiger partial charge in [0.2, 0.25) is 5.95 Å². The fourth-order valence-electron chi connectivity index (χ4n) is 4.95. The van der Waals surface area contributed by atoms with Crippen LogP contribution in [0.4, 0.5) is 5.95 Å². The van der Waals surface area contributed by atoms with Crippen molar-refractivity contribution in [1.82, 2.24) is 23.7 Å². The highest BCUT2D eigenvalue weighted by molar-refractivity contribution is 5.84. The molecule has 0 aliphatic carbocycles. The van der Waals surface area contributed by atoms with Crippen molar-refractivity contribution in [2.24, 2.45) is 12.8 Å². The van der Waals surface area contributed by atoms with Gasteiger partial charge in [0.05, 0.1) is 6.54 Å². The Morgan fingerprint density at radius 1 is 1.17 bits per heavy atom. The molecule has 0 amide bonds. The molecule has 1 aromatic carbocycles. The average molecular weight is 490 g/mol. The largest absolute Gasteiger partial charge is 0.341 e. The molecule has 0 spiro atoms. The number of hydrogen-bond donors (Lipinski definition) is 2. The Morgan fingerprint density at radius 2 is 1.92 bits per heavy atom. The molecule has 36 heavy (non-hydrogen) atoms. The first-order valence-electron chi connectivity index (χ1n) is 12.2. The van der Waals surface area contributed by atoms with Gasteiger partial charge in [-0.1, -0.05) is 29.8 Å². The van der Waals surface area contributed by atoms with Crippen LogP contribution in [0.25, 0.3) is 21.9 Å². The summed E-state index contributed by atoms with van der Waals surface area (Å²) in [5.41, 5.74) is 7.67. The maximum atomic E-state index is 13.9. The van der Waals surface area contributed by atoms with Gasteiger partial charge >= 0.3 is 5.69 Å². The zero-order chi connectivity index (χ0) is 25.6. The average Bonchev–Trinajstić information content (AvgIpc) is 3.25. The molecule has 10 nitrogen and oxygen atoms in total. The number of anilines is 1. The fraction of sp³-hybridized carbons (Fsp3) is 0.385. The smallest absolute Gasteiger partial charge is 0.332 e. The number of H-pyrrole nitrogens is 1. The van der Waals surface area contributed by atoms with Gasteiger partial charge in [-0.2, -0.15) is 4.98 Å². The second-order valence-electron chi connectivity index (χ2n) is 9.75. The van der Waals surface area contributed by atoms with Crippen molar-refractivity contribution in [1.29, 1.82) is 0 Å². The second kappa shape index (κ2) is 9.27. The van der Waals surface area contributed by atoms with Crippen molar-refractivity contribution >= 4 is 27.9 Å². The SMILES string of the molecule is CC(C)=CCn1c(N2CCCC(N)C2)nc2c1c(=O)n(Cc1c[nH]c(=O)c3ccccc13)c(=O)n2C. The zero-order valence-electron chi connectivity index (χ0n) is 20.8. The summed E-state index contributed by atoms with van der Waals surface area (Å²) in [6.07, 6.45) is 5.50. The van der Waals surface area contributed by atoms with Gasteiger partial charge < -0.3 is 20.2 Å².